The zero-order chi connectivity index (χ0) is 8.55. The summed E-state index contributed by atoms with van der Waals surface area (Å²) in [5.74, 6) is -0.159. The van der Waals surface area contributed by atoms with Crippen molar-refractivity contribution in [3.05, 3.63) is 34.6 Å². The van der Waals surface area contributed by atoms with Crippen LogP contribution >= 0.6 is 0 Å². The van der Waals surface area contributed by atoms with Gasteiger partial charge in [0.1, 0.15) is 12.1 Å². The van der Waals surface area contributed by atoms with Crippen LogP contribution in [0.2, 0.25) is 0 Å². The van der Waals surface area contributed by atoms with Crippen LogP contribution in [0, 0.1) is 5.82 Å². The Bertz CT molecular complexity index is 331. The van der Waals surface area contributed by atoms with Crippen molar-refractivity contribution in [3.63, 3.8) is 0 Å². The van der Waals surface area contributed by atoms with Gasteiger partial charge in [0, 0.05) is 5.56 Å². The first-order chi connectivity index (χ1) is 5.83. The van der Waals surface area contributed by atoms with Crippen LogP contribution in [0.4, 0.5) is 4.39 Å². The molecule has 2 rings (SSSR count). The largest absolute Gasteiger partial charge is 0.298 e. The van der Waals surface area contributed by atoms with Crippen LogP contribution < -0.4 is 0 Å². The highest BCUT2D eigenvalue weighted by Crippen LogP contribution is 2.26. The van der Waals surface area contributed by atoms with Crippen LogP contribution in [0.15, 0.2) is 12.1 Å². The Hall–Kier alpha value is -1.18. The fraction of sp³-hybridized carbons (Fsp3) is 0.300. The molecule has 0 bridgehead atoms. The van der Waals surface area contributed by atoms with E-state index in [4.69, 9.17) is 0 Å². The summed E-state index contributed by atoms with van der Waals surface area (Å²) in [5.41, 5.74) is 2.33. The monoisotopic (exact) mass is 164 g/mol. The van der Waals surface area contributed by atoms with Gasteiger partial charge in [-0.25, -0.2) is 4.39 Å². The molecule has 1 nitrogen and oxygen atoms in total. The van der Waals surface area contributed by atoms with Crippen molar-refractivity contribution >= 4 is 6.29 Å². The van der Waals surface area contributed by atoms with Crippen LogP contribution in [-0.4, -0.2) is 6.29 Å². The Morgan fingerprint density at radius 2 is 2.00 bits per heavy atom. The summed E-state index contributed by atoms with van der Waals surface area (Å²) in [6.45, 7) is 0. The summed E-state index contributed by atoms with van der Waals surface area (Å²) in [6, 6.07) is 2.94. The third-order valence-corrected chi connectivity index (χ3v) is 2.39. The minimum absolute atomic E-state index is 0.159. The summed E-state index contributed by atoms with van der Waals surface area (Å²) >= 11 is 0. The average Bonchev–Trinajstić information content (AvgIpc) is 2.54. The Balaban J connectivity index is 2.64. The molecule has 1 aromatic carbocycles. The van der Waals surface area contributed by atoms with Crippen LogP contribution in [0.3, 0.4) is 0 Å². The first-order valence-electron chi connectivity index (χ1n) is 4.08. The zero-order valence-corrected chi connectivity index (χ0v) is 6.64. The van der Waals surface area contributed by atoms with Gasteiger partial charge in [-0.2, -0.15) is 0 Å². The van der Waals surface area contributed by atoms with Gasteiger partial charge in [0.25, 0.3) is 0 Å². The molecule has 12 heavy (non-hydrogen) atoms. The summed E-state index contributed by atoms with van der Waals surface area (Å²) < 4.78 is 13.1. The number of aldehydes is 1. The van der Waals surface area contributed by atoms with Crippen molar-refractivity contribution in [1.82, 2.24) is 0 Å². The number of carbonyl (C=O) groups excluding carboxylic acids is 1. The summed E-state index contributed by atoms with van der Waals surface area (Å²) in [4.78, 5) is 10.6. The second-order valence-electron chi connectivity index (χ2n) is 3.07. The normalized spacial score (nSPS) is 14.4. The number of rotatable bonds is 1. The number of carbonyl (C=O) groups is 1. The highest BCUT2D eigenvalue weighted by molar-refractivity contribution is 5.78. The molecule has 0 unspecified atom stereocenters. The number of hydrogen-bond donors (Lipinski definition) is 0. The SMILES string of the molecule is O=Cc1ccc(F)c2c1CCC2. The summed E-state index contributed by atoms with van der Waals surface area (Å²) in [6.07, 6.45) is 3.41. The van der Waals surface area contributed by atoms with E-state index in [1.807, 2.05) is 0 Å². The Kier molecular flexibility index (Phi) is 1.68. The van der Waals surface area contributed by atoms with Gasteiger partial charge in [0.05, 0.1) is 0 Å². The van der Waals surface area contributed by atoms with Gasteiger partial charge in [-0.05, 0) is 42.5 Å². The van der Waals surface area contributed by atoms with Crippen LogP contribution in [0.5, 0.6) is 0 Å². The lowest BCUT2D eigenvalue weighted by Crippen LogP contribution is -1.94. The van der Waals surface area contributed by atoms with Crippen LogP contribution in [0.25, 0.3) is 0 Å². The molecular weight excluding hydrogens is 155 g/mol. The minimum Gasteiger partial charge on any atom is -0.298 e. The average molecular weight is 164 g/mol. The van der Waals surface area contributed by atoms with Crippen molar-refractivity contribution < 1.29 is 9.18 Å². The van der Waals surface area contributed by atoms with E-state index in [1.54, 1.807) is 6.07 Å². The van der Waals surface area contributed by atoms with Gasteiger partial charge in [0.15, 0.2) is 0 Å². The number of halogens is 1. The van der Waals surface area contributed by atoms with E-state index in [0.717, 1.165) is 36.7 Å². The predicted octanol–water partition coefficient (Wildman–Crippen LogP) is 2.13. The number of hydrogen-bond acceptors (Lipinski definition) is 1. The highest BCUT2D eigenvalue weighted by atomic mass is 19.1. The van der Waals surface area contributed by atoms with E-state index in [2.05, 4.69) is 0 Å². The Morgan fingerprint density at radius 3 is 2.75 bits per heavy atom. The molecule has 0 N–H and O–H groups in total. The molecule has 0 aromatic heterocycles. The van der Waals surface area contributed by atoms with E-state index in [9.17, 15) is 9.18 Å². The molecule has 2 heteroatoms. The van der Waals surface area contributed by atoms with E-state index in [-0.39, 0.29) is 5.82 Å². The number of benzene rings is 1. The standard InChI is InChI=1S/C10H9FO/c11-10-5-4-7(6-12)8-2-1-3-9(8)10/h4-6H,1-3H2. The summed E-state index contributed by atoms with van der Waals surface area (Å²) in [5, 5.41) is 0. The zero-order valence-electron chi connectivity index (χ0n) is 6.64. The molecule has 0 radical (unpaired) electrons. The van der Waals surface area contributed by atoms with Crippen molar-refractivity contribution in [2.45, 2.75) is 19.3 Å². The molecule has 0 amide bonds. The van der Waals surface area contributed by atoms with Gasteiger partial charge >= 0.3 is 0 Å². The fourth-order valence-corrected chi connectivity index (χ4v) is 1.80. The lowest BCUT2D eigenvalue weighted by Gasteiger charge is -2.02. The maximum Gasteiger partial charge on any atom is 0.150 e. The first-order valence-corrected chi connectivity index (χ1v) is 4.08. The van der Waals surface area contributed by atoms with Crippen molar-refractivity contribution in [2.75, 3.05) is 0 Å². The minimum atomic E-state index is -0.159. The first kappa shape index (κ1) is 7.47. The number of fused-ring (bicyclic) bond motifs is 1. The Labute approximate surface area is 70.2 Å². The van der Waals surface area contributed by atoms with E-state index in [1.165, 1.54) is 6.07 Å². The van der Waals surface area contributed by atoms with Gasteiger partial charge < -0.3 is 0 Å². The molecule has 0 saturated heterocycles. The van der Waals surface area contributed by atoms with Gasteiger partial charge in [-0.3, -0.25) is 4.79 Å². The van der Waals surface area contributed by atoms with Crippen molar-refractivity contribution in [1.29, 1.82) is 0 Å². The Morgan fingerprint density at radius 1 is 1.25 bits per heavy atom. The molecule has 62 valence electrons. The molecule has 0 heterocycles. The van der Waals surface area contributed by atoms with Crippen molar-refractivity contribution in [3.8, 4) is 0 Å². The maximum atomic E-state index is 13.1. The predicted molar refractivity (Wildman–Crippen MR) is 43.8 cm³/mol. The third-order valence-electron chi connectivity index (χ3n) is 2.39. The fourth-order valence-electron chi connectivity index (χ4n) is 1.80. The topological polar surface area (TPSA) is 17.1 Å². The van der Waals surface area contributed by atoms with Crippen molar-refractivity contribution in [2.24, 2.45) is 0 Å². The quantitative estimate of drug-likeness (QED) is 0.581. The third kappa shape index (κ3) is 0.951. The molecule has 1 aliphatic carbocycles. The van der Waals surface area contributed by atoms with Crippen LogP contribution in [0.1, 0.15) is 27.9 Å². The maximum absolute atomic E-state index is 13.1. The molecule has 0 aliphatic heterocycles. The molecule has 0 spiro atoms. The van der Waals surface area contributed by atoms with Gasteiger partial charge in [-0.15, -0.1) is 0 Å². The van der Waals surface area contributed by atoms with E-state index >= 15 is 0 Å². The molecule has 0 fully saturated rings. The second kappa shape index (κ2) is 2.70. The lowest BCUT2D eigenvalue weighted by molar-refractivity contribution is 0.112. The molecule has 0 atom stereocenters. The molecule has 1 aromatic rings. The van der Waals surface area contributed by atoms with Gasteiger partial charge in [0.2, 0.25) is 0 Å². The highest BCUT2D eigenvalue weighted by Gasteiger charge is 2.17. The molecule has 0 saturated carbocycles. The smallest absolute Gasteiger partial charge is 0.150 e. The lowest BCUT2D eigenvalue weighted by atomic mass is 10.0. The van der Waals surface area contributed by atoms with E-state index < -0.39 is 0 Å². The van der Waals surface area contributed by atoms with E-state index in [0.29, 0.717) is 5.56 Å². The van der Waals surface area contributed by atoms with Gasteiger partial charge in [-0.1, -0.05) is 0 Å². The van der Waals surface area contributed by atoms with Crippen LogP contribution in [-0.2, 0) is 12.8 Å². The molecule has 1 aliphatic rings. The molecular formula is C10H9FO. The second-order valence-corrected chi connectivity index (χ2v) is 3.07. The summed E-state index contributed by atoms with van der Waals surface area (Å²) in [7, 11) is 0.